The van der Waals surface area contributed by atoms with Gasteiger partial charge in [0, 0.05) is 16.0 Å². The summed E-state index contributed by atoms with van der Waals surface area (Å²) < 4.78 is 0.918. The molecule has 0 saturated carbocycles. The summed E-state index contributed by atoms with van der Waals surface area (Å²) in [6, 6.07) is 5.50. The zero-order valence-electron chi connectivity index (χ0n) is 7.39. The molecule has 0 aliphatic rings. The van der Waals surface area contributed by atoms with Gasteiger partial charge in [-0.25, -0.2) is 0 Å². The predicted molar refractivity (Wildman–Crippen MR) is 60.1 cm³/mol. The Labute approximate surface area is 95.7 Å². The minimum absolute atomic E-state index is 0.176. The Morgan fingerprint density at radius 2 is 2.29 bits per heavy atom. The normalized spacial score (nSPS) is 10.1. The number of amides is 1. The molecule has 1 amide bonds. The molecule has 0 aliphatic carbocycles. The van der Waals surface area contributed by atoms with Crippen LogP contribution >= 0.6 is 27.5 Å². The van der Waals surface area contributed by atoms with Gasteiger partial charge in [-0.15, -0.1) is 0 Å². The smallest absolute Gasteiger partial charge is 0.231 e. The molecule has 1 aromatic carbocycles. The number of halogens is 2. The Morgan fingerprint density at radius 3 is 2.86 bits per heavy atom. The molecule has 0 aromatic heterocycles. The van der Waals surface area contributed by atoms with Crippen LogP contribution in [0, 0.1) is 0 Å². The third-order valence-corrected chi connectivity index (χ3v) is 2.60. The van der Waals surface area contributed by atoms with E-state index in [2.05, 4.69) is 21.2 Å². The summed E-state index contributed by atoms with van der Waals surface area (Å²) in [7, 11) is 0. The Bertz CT molecular complexity index is 344. The van der Waals surface area contributed by atoms with Gasteiger partial charge in [-0.2, -0.15) is 0 Å². The molecule has 0 saturated heterocycles. The summed E-state index contributed by atoms with van der Waals surface area (Å²) in [5.74, 6) is -0.366. The highest BCUT2D eigenvalue weighted by atomic mass is 79.9. The molecule has 0 spiro atoms. The lowest BCUT2D eigenvalue weighted by atomic mass is 10.2. The molecular formula is C9H10BrClN2O. The van der Waals surface area contributed by atoms with Crippen molar-refractivity contribution in [3.63, 3.8) is 0 Å². The van der Waals surface area contributed by atoms with Gasteiger partial charge in [0.2, 0.25) is 5.91 Å². The first-order chi connectivity index (χ1) is 6.59. The first-order valence-electron chi connectivity index (χ1n) is 4.02. The molecule has 0 aliphatic heterocycles. The first-order valence-corrected chi connectivity index (χ1v) is 5.19. The summed E-state index contributed by atoms with van der Waals surface area (Å²) in [6.45, 7) is 0.760. The summed E-state index contributed by atoms with van der Waals surface area (Å²) in [4.78, 5) is 10.5. The molecule has 0 bridgehead atoms. The van der Waals surface area contributed by atoms with Gasteiger partial charge in [-0.1, -0.05) is 33.6 Å². The van der Waals surface area contributed by atoms with Crippen LogP contribution in [0.25, 0.3) is 0 Å². The fraction of sp³-hybridized carbons (Fsp3) is 0.222. The van der Waals surface area contributed by atoms with Crippen molar-refractivity contribution in [1.82, 2.24) is 5.32 Å². The molecule has 0 radical (unpaired) electrons. The monoisotopic (exact) mass is 276 g/mol. The van der Waals surface area contributed by atoms with Crippen LogP contribution in [0.4, 0.5) is 0 Å². The predicted octanol–water partition coefficient (Wildman–Crippen LogP) is 1.68. The quantitative estimate of drug-likeness (QED) is 0.880. The van der Waals surface area contributed by atoms with Crippen molar-refractivity contribution in [3.8, 4) is 0 Å². The number of hydrogen-bond donors (Lipinski definition) is 2. The molecule has 0 atom stereocenters. The highest BCUT2D eigenvalue weighted by Gasteiger charge is 2.00. The second-order valence-electron chi connectivity index (χ2n) is 2.81. The Morgan fingerprint density at radius 1 is 1.57 bits per heavy atom. The maximum atomic E-state index is 10.5. The molecule has 0 fully saturated rings. The van der Waals surface area contributed by atoms with E-state index in [0.29, 0.717) is 11.6 Å². The van der Waals surface area contributed by atoms with E-state index in [1.807, 2.05) is 12.1 Å². The highest BCUT2D eigenvalue weighted by molar-refractivity contribution is 9.10. The van der Waals surface area contributed by atoms with Gasteiger partial charge in [-0.05, 0) is 17.7 Å². The number of benzene rings is 1. The van der Waals surface area contributed by atoms with Crippen molar-refractivity contribution in [1.29, 1.82) is 0 Å². The third kappa shape index (κ3) is 3.65. The summed E-state index contributed by atoms with van der Waals surface area (Å²) in [5, 5.41) is 3.59. The number of carbonyl (C=O) groups is 1. The molecule has 0 heterocycles. The van der Waals surface area contributed by atoms with E-state index in [4.69, 9.17) is 17.3 Å². The molecule has 14 heavy (non-hydrogen) atoms. The van der Waals surface area contributed by atoms with E-state index in [1.165, 1.54) is 0 Å². The molecule has 3 nitrogen and oxygen atoms in total. The minimum atomic E-state index is -0.366. The van der Waals surface area contributed by atoms with Crippen LogP contribution < -0.4 is 11.1 Å². The minimum Gasteiger partial charge on any atom is -0.369 e. The second-order valence-corrected chi connectivity index (χ2v) is 4.10. The number of primary amides is 1. The maximum Gasteiger partial charge on any atom is 0.231 e. The molecule has 3 N–H and O–H groups in total. The van der Waals surface area contributed by atoms with Crippen molar-refractivity contribution in [2.75, 3.05) is 6.54 Å². The average molecular weight is 278 g/mol. The van der Waals surface area contributed by atoms with Gasteiger partial charge in [-0.3, -0.25) is 4.79 Å². The lowest BCUT2D eigenvalue weighted by Crippen LogP contribution is -2.28. The summed E-state index contributed by atoms with van der Waals surface area (Å²) in [5.41, 5.74) is 6.02. The van der Waals surface area contributed by atoms with Crippen LogP contribution in [0.5, 0.6) is 0 Å². The zero-order chi connectivity index (χ0) is 10.6. The van der Waals surface area contributed by atoms with Crippen molar-refractivity contribution >= 4 is 33.4 Å². The van der Waals surface area contributed by atoms with Crippen LogP contribution in [0.1, 0.15) is 5.56 Å². The summed E-state index contributed by atoms with van der Waals surface area (Å²) >= 11 is 9.15. The number of nitrogens with two attached hydrogens (primary N) is 1. The van der Waals surface area contributed by atoms with Gasteiger partial charge in [0.15, 0.2) is 0 Å². The van der Waals surface area contributed by atoms with Crippen molar-refractivity contribution < 1.29 is 4.79 Å². The fourth-order valence-corrected chi connectivity index (χ4v) is 1.81. The molecule has 5 heteroatoms. The van der Waals surface area contributed by atoms with Crippen LogP contribution in [-0.2, 0) is 11.3 Å². The largest absolute Gasteiger partial charge is 0.369 e. The maximum absolute atomic E-state index is 10.5. The standard InChI is InChI=1S/C9H10BrClN2O/c10-8-3-7(11)2-1-6(8)4-13-5-9(12)14/h1-3,13H,4-5H2,(H2,12,14). The van der Waals surface area contributed by atoms with E-state index in [9.17, 15) is 4.79 Å². The summed E-state index contributed by atoms with van der Waals surface area (Å²) in [6.07, 6.45) is 0. The Kier molecular flexibility index (Phi) is 4.38. The van der Waals surface area contributed by atoms with Crippen LogP contribution in [0.2, 0.25) is 5.02 Å². The zero-order valence-corrected chi connectivity index (χ0v) is 9.73. The van der Waals surface area contributed by atoms with Gasteiger partial charge in [0.1, 0.15) is 0 Å². The average Bonchev–Trinajstić information content (AvgIpc) is 2.08. The third-order valence-electron chi connectivity index (χ3n) is 1.63. The number of rotatable bonds is 4. The number of carbonyl (C=O) groups excluding carboxylic acids is 1. The first kappa shape index (κ1) is 11.5. The number of hydrogen-bond acceptors (Lipinski definition) is 2. The van der Waals surface area contributed by atoms with E-state index in [0.717, 1.165) is 10.0 Å². The molecule has 1 rings (SSSR count). The van der Waals surface area contributed by atoms with E-state index >= 15 is 0 Å². The topological polar surface area (TPSA) is 55.1 Å². The van der Waals surface area contributed by atoms with Crippen LogP contribution in [-0.4, -0.2) is 12.5 Å². The Hall–Kier alpha value is -0.580. The highest BCUT2D eigenvalue weighted by Crippen LogP contribution is 2.21. The van der Waals surface area contributed by atoms with Gasteiger partial charge < -0.3 is 11.1 Å². The van der Waals surface area contributed by atoms with E-state index < -0.39 is 0 Å². The van der Waals surface area contributed by atoms with Crippen molar-refractivity contribution in [3.05, 3.63) is 33.3 Å². The van der Waals surface area contributed by atoms with Crippen molar-refractivity contribution in [2.24, 2.45) is 5.73 Å². The van der Waals surface area contributed by atoms with Crippen LogP contribution in [0.15, 0.2) is 22.7 Å². The van der Waals surface area contributed by atoms with E-state index in [-0.39, 0.29) is 12.5 Å². The number of nitrogens with one attached hydrogen (secondary N) is 1. The molecule has 1 aromatic rings. The Balaban J connectivity index is 2.55. The lowest BCUT2D eigenvalue weighted by Gasteiger charge is -2.05. The molecular weight excluding hydrogens is 267 g/mol. The van der Waals surface area contributed by atoms with Gasteiger partial charge in [0.25, 0.3) is 0 Å². The fourth-order valence-electron chi connectivity index (χ4n) is 0.985. The lowest BCUT2D eigenvalue weighted by molar-refractivity contribution is -0.117. The van der Waals surface area contributed by atoms with Gasteiger partial charge in [0.05, 0.1) is 6.54 Å². The van der Waals surface area contributed by atoms with Crippen molar-refractivity contribution in [2.45, 2.75) is 6.54 Å². The van der Waals surface area contributed by atoms with E-state index in [1.54, 1.807) is 6.07 Å². The van der Waals surface area contributed by atoms with Gasteiger partial charge >= 0.3 is 0 Å². The van der Waals surface area contributed by atoms with Crippen LogP contribution in [0.3, 0.4) is 0 Å². The second kappa shape index (κ2) is 5.34. The molecule has 0 unspecified atom stereocenters. The SMILES string of the molecule is NC(=O)CNCc1ccc(Cl)cc1Br. The molecule has 76 valence electrons.